The van der Waals surface area contributed by atoms with Crippen molar-refractivity contribution in [3.63, 3.8) is 0 Å². The van der Waals surface area contributed by atoms with Gasteiger partial charge in [0.15, 0.2) is 0 Å². The molecule has 1 aromatic heterocycles. The van der Waals surface area contributed by atoms with Gasteiger partial charge in [0.05, 0.1) is 31.2 Å². The molecule has 21 heavy (non-hydrogen) atoms. The maximum absolute atomic E-state index is 12.7. The predicted molar refractivity (Wildman–Crippen MR) is 77.2 cm³/mol. The number of ether oxygens (including phenoxy) is 1. The summed E-state index contributed by atoms with van der Waals surface area (Å²) in [6.45, 7) is 1.97. The minimum Gasteiger partial charge on any atom is -0.469 e. The summed E-state index contributed by atoms with van der Waals surface area (Å²) in [4.78, 5) is 26.2. The number of carbonyl (C=O) groups is 2. The fourth-order valence-electron chi connectivity index (χ4n) is 3.02. The highest BCUT2D eigenvalue weighted by Crippen LogP contribution is 2.35. The van der Waals surface area contributed by atoms with E-state index < -0.39 is 0 Å². The van der Waals surface area contributed by atoms with Gasteiger partial charge in [-0.1, -0.05) is 6.42 Å². The van der Waals surface area contributed by atoms with E-state index in [4.69, 9.17) is 4.74 Å². The van der Waals surface area contributed by atoms with E-state index in [1.807, 2.05) is 20.2 Å². The van der Waals surface area contributed by atoms with Crippen LogP contribution in [0.15, 0.2) is 12.4 Å². The van der Waals surface area contributed by atoms with Crippen LogP contribution >= 0.6 is 0 Å². The number of methoxy groups -OCH3 is 1. The van der Waals surface area contributed by atoms with Gasteiger partial charge >= 0.3 is 5.97 Å². The first-order chi connectivity index (χ1) is 9.95. The van der Waals surface area contributed by atoms with Crippen molar-refractivity contribution in [3.05, 3.63) is 18.0 Å². The summed E-state index contributed by atoms with van der Waals surface area (Å²) in [5, 5.41) is 4.14. The molecule has 2 rings (SSSR count). The lowest BCUT2D eigenvalue weighted by Gasteiger charge is -2.28. The number of hydrogen-bond donors (Lipinski definition) is 0. The number of amides is 1. The van der Waals surface area contributed by atoms with Gasteiger partial charge in [-0.2, -0.15) is 5.10 Å². The highest BCUT2D eigenvalue weighted by atomic mass is 16.5. The van der Waals surface area contributed by atoms with Crippen molar-refractivity contribution < 1.29 is 14.3 Å². The normalized spacial score (nSPS) is 22.9. The van der Waals surface area contributed by atoms with Gasteiger partial charge in [-0.15, -0.1) is 0 Å². The van der Waals surface area contributed by atoms with E-state index in [-0.39, 0.29) is 29.8 Å². The molecule has 0 saturated heterocycles. The molecule has 1 saturated carbocycles. The van der Waals surface area contributed by atoms with Crippen LogP contribution in [0.1, 0.15) is 37.8 Å². The Morgan fingerprint density at radius 3 is 2.67 bits per heavy atom. The first-order valence-electron chi connectivity index (χ1n) is 7.28. The molecule has 1 fully saturated rings. The van der Waals surface area contributed by atoms with Crippen LogP contribution in [-0.4, -0.2) is 40.7 Å². The van der Waals surface area contributed by atoms with Crippen LogP contribution < -0.4 is 0 Å². The summed E-state index contributed by atoms with van der Waals surface area (Å²) in [5.41, 5.74) is 0.987. The molecule has 0 aliphatic heterocycles. The third kappa shape index (κ3) is 3.09. The average molecular weight is 293 g/mol. The van der Waals surface area contributed by atoms with E-state index in [0.717, 1.165) is 24.8 Å². The number of aryl methyl sites for hydroxylation is 1. The highest BCUT2D eigenvalue weighted by Gasteiger charge is 2.40. The second-order valence-corrected chi connectivity index (χ2v) is 5.74. The van der Waals surface area contributed by atoms with E-state index in [2.05, 4.69) is 5.10 Å². The van der Waals surface area contributed by atoms with E-state index >= 15 is 0 Å². The van der Waals surface area contributed by atoms with Gasteiger partial charge < -0.3 is 9.64 Å². The predicted octanol–water partition coefficient (Wildman–Crippen LogP) is 1.53. The van der Waals surface area contributed by atoms with E-state index in [9.17, 15) is 9.59 Å². The van der Waals surface area contributed by atoms with E-state index in [1.165, 1.54) is 7.11 Å². The molecule has 1 heterocycles. The summed E-state index contributed by atoms with van der Waals surface area (Å²) in [7, 11) is 5.01. The van der Waals surface area contributed by atoms with Crippen molar-refractivity contribution in [3.8, 4) is 0 Å². The maximum atomic E-state index is 12.7. The Morgan fingerprint density at radius 1 is 1.43 bits per heavy atom. The zero-order chi connectivity index (χ0) is 15.6. The van der Waals surface area contributed by atoms with Gasteiger partial charge in [-0.3, -0.25) is 14.3 Å². The van der Waals surface area contributed by atoms with Gasteiger partial charge in [0.2, 0.25) is 5.91 Å². The lowest BCUT2D eigenvalue weighted by Crippen LogP contribution is -2.38. The number of carbonyl (C=O) groups excluding carboxylic acids is 2. The van der Waals surface area contributed by atoms with Crippen molar-refractivity contribution in [1.82, 2.24) is 14.7 Å². The Hall–Kier alpha value is -1.85. The minimum absolute atomic E-state index is 0.0132. The SMILES string of the molecule is COC(=O)[C@@H]1CCC[C@H]1C(=O)N(C)[C@H](C)c1cnn(C)c1. The molecule has 0 bridgehead atoms. The molecule has 6 heteroatoms. The van der Waals surface area contributed by atoms with Gasteiger partial charge in [0, 0.05) is 25.9 Å². The standard InChI is InChI=1S/C15H23N3O3/c1-10(11-8-16-17(2)9-11)18(3)14(19)12-6-5-7-13(12)15(20)21-4/h8-10,12-13H,5-7H2,1-4H3/t10-,12-,13-/m1/s1. The zero-order valence-corrected chi connectivity index (χ0v) is 13.1. The number of esters is 1. The van der Waals surface area contributed by atoms with Crippen LogP contribution in [0.2, 0.25) is 0 Å². The van der Waals surface area contributed by atoms with Crippen LogP contribution in [0.3, 0.4) is 0 Å². The largest absolute Gasteiger partial charge is 0.469 e. The number of rotatable bonds is 4. The van der Waals surface area contributed by atoms with Crippen LogP contribution in [0.5, 0.6) is 0 Å². The molecular formula is C15H23N3O3. The van der Waals surface area contributed by atoms with Crippen LogP contribution in [0, 0.1) is 11.8 Å². The quantitative estimate of drug-likeness (QED) is 0.790. The molecule has 116 valence electrons. The molecule has 0 unspecified atom stereocenters. The molecule has 1 amide bonds. The van der Waals surface area contributed by atoms with Crippen LogP contribution in [0.25, 0.3) is 0 Å². The summed E-state index contributed by atoms with van der Waals surface area (Å²) in [5.74, 6) is -0.819. The third-order valence-electron chi connectivity index (χ3n) is 4.47. The van der Waals surface area contributed by atoms with Crippen molar-refractivity contribution in [2.24, 2.45) is 18.9 Å². The Labute approximate surface area is 125 Å². The Kier molecular flexibility index (Phi) is 4.65. The van der Waals surface area contributed by atoms with Gasteiger partial charge in [0.25, 0.3) is 0 Å². The summed E-state index contributed by atoms with van der Waals surface area (Å²) >= 11 is 0. The first-order valence-corrected chi connectivity index (χ1v) is 7.28. The fraction of sp³-hybridized carbons (Fsp3) is 0.667. The summed E-state index contributed by atoms with van der Waals surface area (Å²) < 4.78 is 6.54. The van der Waals surface area contributed by atoms with Crippen LogP contribution in [0.4, 0.5) is 0 Å². The van der Waals surface area contributed by atoms with E-state index in [0.29, 0.717) is 0 Å². The highest BCUT2D eigenvalue weighted by molar-refractivity contribution is 5.86. The van der Waals surface area contributed by atoms with Gasteiger partial charge in [0.1, 0.15) is 0 Å². The molecule has 1 aromatic rings. The molecule has 1 aliphatic carbocycles. The van der Waals surface area contributed by atoms with Gasteiger partial charge in [-0.25, -0.2) is 0 Å². The van der Waals surface area contributed by atoms with Crippen molar-refractivity contribution in [2.45, 2.75) is 32.2 Å². The molecule has 0 radical (unpaired) electrons. The average Bonchev–Trinajstić information content (AvgIpc) is 3.12. The first kappa shape index (κ1) is 15.5. The van der Waals surface area contributed by atoms with Crippen molar-refractivity contribution in [2.75, 3.05) is 14.2 Å². The molecular weight excluding hydrogens is 270 g/mol. The summed E-state index contributed by atoms with van der Waals surface area (Å²) in [6.07, 6.45) is 6.05. The number of hydrogen-bond acceptors (Lipinski definition) is 4. The maximum Gasteiger partial charge on any atom is 0.309 e. The zero-order valence-electron chi connectivity index (χ0n) is 13.1. The van der Waals surface area contributed by atoms with E-state index in [1.54, 1.807) is 22.8 Å². The molecule has 0 N–H and O–H groups in total. The molecule has 1 aliphatic rings. The lowest BCUT2D eigenvalue weighted by atomic mass is 9.94. The van der Waals surface area contributed by atoms with Crippen LogP contribution in [-0.2, 0) is 21.4 Å². The molecule has 6 nitrogen and oxygen atoms in total. The number of aromatic nitrogens is 2. The number of nitrogens with zero attached hydrogens (tertiary/aromatic N) is 3. The van der Waals surface area contributed by atoms with Crippen molar-refractivity contribution in [1.29, 1.82) is 0 Å². The monoisotopic (exact) mass is 293 g/mol. The fourth-order valence-corrected chi connectivity index (χ4v) is 3.02. The Balaban J connectivity index is 2.09. The summed E-state index contributed by atoms with van der Waals surface area (Å²) in [6, 6.07) is -0.0647. The topological polar surface area (TPSA) is 64.4 Å². The minimum atomic E-state index is -0.300. The second-order valence-electron chi connectivity index (χ2n) is 5.74. The lowest BCUT2D eigenvalue weighted by molar-refractivity contribution is -0.151. The molecule has 0 aromatic carbocycles. The van der Waals surface area contributed by atoms with Crippen molar-refractivity contribution >= 4 is 11.9 Å². The smallest absolute Gasteiger partial charge is 0.309 e. The molecule has 0 spiro atoms. The van der Waals surface area contributed by atoms with Gasteiger partial charge in [-0.05, 0) is 19.8 Å². The Morgan fingerprint density at radius 2 is 2.10 bits per heavy atom. The molecule has 3 atom stereocenters. The third-order valence-corrected chi connectivity index (χ3v) is 4.47. The second kappa shape index (κ2) is 6.28. The Bertz CT molecular complexity index is 526.